The molecule has 0 radical (unpaired) electrons. The van der Waals surface area contributed by atoms with Gasteiger partial charge < -0.3 is 14.8 Å². The number of methoxy groups -OCH3 is 1. The van der Waals surface area contributed by atoms with Crippen molar-refractivity contribution >= 4 is 18.5 Å². The first-order valence-corrected chi connectivity index (χ1v) is 4.47. The molecule has 0 bridgehead atoms. The summed E-state index contributed by atoms with van der Waals surface area (Å²) in [6.45, 7) is 0.155. The van der Waals surface area contributed by atoms with Gasteiger partial charge in [0.25, 0.3) is 0 Å². The maximum absolute atomic E-state index is 13.5. The second kappa shape index (κ2) is 5.03. The fourth-order valence-electron chi connectivity index (χ4n) is 1.47. The summed E-state index contributed by atoms with van der Waals surface area (Å²) in [5.41, 5.74) is 0.404. The number of carbonyl (C=O) groups is 1. The van der Waals surface area contributed by atoms with E-state index in [0.29, 0.717) is 11.3 Å². The van der Waals surface area contributed by atoms with E-state index >= 15 is 0 Å². The predicted octanol–water partition coefficient (Wildman–Crippen LogP) is 2.04. The van der Waals surface area contributed by atoms with Gasteiger partial charge in [0, 0.05) is 11.6 Å². The van der Waals surface area contributed by atoms with E-state index in [-0.39, 0.29) is 19.0 Å². The first-order valence-electron chi connectivity index (χ1n) is 4.47. The minimum atomic E-state index is -0.518. The Morgan fingerprint density at radius 2 is 2.31 bits per heavy atom. The van der Waals surface area contributed by atoms with E-state index in [1.807, 2.05) is 0 Å². The van der Waals surface area contributed by atoms with Crippen molar-refractivity contribution in [1.82, 2.24) is 5.32 Å². The highest BCUT2D eigenvalue weighted by Gasteiger charge is 2.26. The maximum Gasteiger partial charge on any atom is 0.407 e. The van der Waals surface area contributed by atoms with Crippen molar-refractivity contribution in [2.45, 2.75) is 6.04 Å². The average molecular weight is 248 g/mol. The third kappa shape index (κ3) is 2.36. The topological polar surface area (TPSA) is 47.6 Å². The van der Waals surface area contributed by atoms with Gasteiger partial charge in [-0.3, -0.25) is 0 Å². The van der Waals surface area contributed by atoms with Gasteiger partial charge in [0.1, 0.15) is 18.2 Å². The molecule has 1 amide bonds. The summed E-state index contributed by atoms with van der Waals surface area (Å²) in [6.07, 6.45) is -0.518. The van der Waals surface area contributed by atoms with Gasteiger partial charge in [-0.05, 0) is 6.07 Å². The standard InChI is InChI=1S/C10H10FNO3.ClH/c1-14-6-2-3-7(8(11)4-6)9-5-15-10(13)12-9;/h2-4,9H,5H2,1H3,(H,12,13);1H/t9-;/m0./s1. The molecule has 88 valence electrons. The van der Waals surface area contributed by atoms with E-state index in [1.165, 1.54) is 13.2 Å². The molecule has 0 saturated carbocycles. The number of carbonyl (C=O) groups excluding carboxylic acids is 1. The SMILES string of the molecule is COc1ccc([C@@H]2COC(=O)N2)c(F)c1.Cl. The van der Waals surface area contributed by atoms with Crippen LogP contribution in [0.4, 0.5) is 9.18 Å². The highest BCUT2D eigenvalue weighted by atomic mass is 35.5. The highest BCUT2D eigenvalue weighted by Crippen LogP contribution is 2.24. The highest BCUT2D eigenvalue weighted by molar-refractivity contribution is 5.85. The second-order valence-electron chi connectivity index (χ2n) is 3.18. The fourth-order valence-corrected chi connectivity index (χ4v) is 1.47. The summed E-state index contributed by atoms with van der Waals surface area (Å²) in [6, 6.07) is 4.08. The third-order valence-corrected chi connectivity index (χ3v) is 2.26. The number of alkyl carbamates (subject to hydrolysis) is 1. The average Bonchev–Trinajstić information content (AvgIpc) is 2.64. The first-order chi connectivity index (χ1) is 7.20. The van der Waals surface area contributed by atoms with Crippen molar-refractivity contribution in [2.75, 3.05) is 13.7 Å². The van der Waals surface area contributed by atoms with E-state index in [4.69, 9.17) is 4.74 Å². The van der Waals surface area contributed by atoms with Crippen molar-refractivity contribution < 1.29 is 18.7 Å². The number of benzene rings is 1. The lowest BCUT2D eigenvalue weighted by molar-refractivity contribution is 0.176. The number of halogens is 2. The Labute approximate surface area is 98.1 Å². The molecule has 1 aliphatic heterocycles. The van der Waals surface area contributed by atoms with Gasteiger partial charge >= 0.3 is 6.09 Å². The summed E-state index contributed by atoms with van der Waals surface area (Å²) in [7, 11) is 1.47. The molecule has 16 heavy (non-hydrogen) atoms. The van der Waals surface area contributed by atoms with Crippen LogP contribution in [0.5, 0.6) is 5.75 Å². The minimum absolute atomic E-state index is 0. The molecule has 1 aliphatic rings. The molecule has 1 saturated heterocycles. The van der Waals surface area contributed by atoms with Gasteiger partial charge in [-0.1, -0.05) is 6.07 Å². The molecular formula is C10H11ClFNO3. The van der Waals surface area contributed by atoms with Crippen LogP contribution in [0.3, 0.4) is 0 Å². The van der Waals surface area contributed by atoms with Gasteiger partial charge in [0.2, 0.25) is 0 Å². The van der Waals surface area contributed by atoms with Gasteiger partial charge in [-0.15, -0.1) is 12.4 Å². The fraction of sp³-hybridized carbons (Fsp3) is 0.300. The number of hydrogen-bond acceptors (Lipinski definition) is 3. The molecular weight excluding hydrogens is 237 g/mol. The number of hydrogen-bond donors (Lipinski definition) is 1. The normalized spacial score (nSPS) is 18.4. The molecule has 0 aromatic heterocycles. The third-order valence-electron chi connectivity index (χ3n) is 2.26. The number of nitrogens with one attached hydrogen (secondary N) is 1. The van der Waals surface area contributed by atoms with Crippen LogP contribution >= 0.6 is 12.4 Å². The summed E-state index contributed by atoms with van der Waals surface area (Å²) < 4.78 is 23.1. The van der Waals surface area contributed by atoms with Gasteiger partial charge in [-0.25, -0.2) is 9.18 Å². The molecule has 4 nitrogen and oxygen atoms in total. The summed E-state index contributed by atoms with van der Waals surface area (Å²) >= 11 is 0. The van der Waals surface area contributed by atoms with Gasteiger partial charge in [0.05, 0.1) is 13.2 Å². The van der Waals surface area contributed by atoms with Crippen LogP contribution in [0.2, 0.25) is 0 Å². The molecule has 0 aliphatic carbocycles. The lowest BCUT2D eigenvalue weighted by Crippen LogP contribution is -2.19. The Morgan fingerprint density at radius 3 is 2.81 bits per heavy atom. The van der Waals surface area contributed by atoms with Crippen molar-refractivity contribution in [1.29, 1.82) is 0 Å². The molecule has 1 heterocycles. The number of rotatable bonds is 2. The Bertz CT molecular complexity index is 400. The van der Waals surface area contributed by atoms with Gasteiger partial charge in [0.15, 0.2) is 0 Å². The van der Waals surface area contributed by atoms with Crippen LogP contribution in [-0.4, -0.2) is 19.8 Å². The Balaban J connectivity index is 0.00000128. The Hall–Kier alpha value is -1.49. The quantitative estimate of drug-likeness (QED) is 0.870. The molecule has 0 unspecified atom stereocenters. The summed E-state index contributed by atoms with van der Waals surface area (Å²) in [5, 5.41) is 2.51. The predicted molar refractivity (Wildman–Crippen MR) is 57.4 cm³/mol. The van der Waals surface area contributed by atoms with E-state index in [1.54, 1.807) is 12.1 Å². The van der Waals surface area contributed by atoms with Crippen LogP contribution in [-0.2, 0) is 4.74 Å². The van der Waals surface area contributed by atoms with Crippen molar-refractivity contribution in [2.24, 2.45) is 0 Å². The number of ether oxygens (including phenoxy) is 2. The Kier molecular flexibility index (Phi) is 3.95. The van der Waals surface area contributed by atoms with E-state index in [0.717, 1.165) is 0 Å². The zero-order valence-electron chi connectivity index (χ0n) is 8.53. The van der Waals surface area contributed by atoms with E-state index < -0.39 is 18.0 Å². The lowest BCUT2D eigenvalue weighted by Gasteiger charge is -2.09. The summed E-state index contributed by atoms with van der Waals surface area (Å²) in [4.78, 5) is 10.8. The van der Waals surface area contributed by atoms with Crippen molar-refractivity contribution in [3.05, 3.63) is 29.6 Å². The number of amides is 1. The first kappa shape index (κ1) is 12.6. The van der Waals surface area contributed by atoms with Crippen LogP contribution in [0.25, 0.3) is 0 Å². The largest absolute Gasteiger partial charge is 0.497 e. The van der Waals surface area contributed by atoms with Crippen molar-refractivity contribution in [3.63, 3.8) is 0 Å². The zero-order chi connectivity index (χ0) is 10.8. The lowest BCUT2D eigenvalue weighted by atomic mass is 10.1. The number of cyclic esters (lactones) is 1. The molecule has 1 aromatic carbocycles. The van der Waals surface area contributed by atoms with E-state index in [9.17, 15) is 9.18 Å². The maximum atomic E-state index is 13.5. The zero-order valence-corrected chi connectivity index (χ0v) is 9.34. The monoisotopic (exact) mass is 247 g/mol. The molecule has 1 fully saturated rings. The van der Waals surface area contributed by atoms with Crippen LogP contribution < -0.4 is 10.1 Å². The molecule has 1 aromatic rings. The smallest absolute Gasteiger partial charge is 0.407 e. The van der Waals surface area contributed by atoms with Crippen molar-refractivity contribution in [3.8, 4) is 5.75 Å². The second-order valence-corrected chi connectivity index (χ2v) is 3.18. The van der Waals surface area contributed by atoms with Crippen LogP contribution in [0.15, 0.2) is 18.2 Å². The summed E-state index contributed by atoms with van der Waals surface area (Å²) in [5.74, 6) is 0.0339. The molecule has 2 rings (SSSR count). The molecule has 1 N–H and O–H groups in total. The molecule has 0 spiro atoms. The van der Waals surface area contributed by atoms with E-state index in [2.05, 4.69) is 10.1 Å². The molecule has 1 atom stereocenters. The van der Waals surface area contributed by atoms with Gasteiger partial charge in [-0.2, -0.15) is 0 Å². The molecule has 6 heteroatoms. The minimum Gasteiger partial charge on any atom is -0.497 e. The van der Waals surface area contributed by atoms with Crippen LogP contribution in [0.1, 0.15) is 11.6 Å². The van der Waals surface area contributed by atoms with Crippen LogP contribution in [0, 0.1) is 5.82 Å². The Morgan fingerprint density at radius 1 is 1.56 bits per heavy atom.